The van der Waals surface area contributed by atoms with Crippen molar-refractivity contribution in [1.82, 2.24) is 14.6 Å². The molecule has 3 rings (SSSR count). The highest BCUT2D eigenvalue weighted by Gasteiger charge is 2.14. The number of carbonyl (C=O) groups is 1. The van der Waals surface area contributed by atoms with Crippen LogP contribution in [0.4, 0.5) is 0 Å². The summed E-state index contributed by atoms with van der Waals surface area (Å²) in [5.41, 5.74) is 1.80. The van der Waals surface area contributed by atoms with Gasteiger partial charge < -0.3 is 9.72 Å². The zero-order valence-electron chi connectivity index (χ0n) is 11.4. The van der Waals surface area contributed by atoms with Crippen molar-refractivity contribution in [1.29, 1.82) is 0 Å². The third-order valence-electron chi connectivity index (χ3n) is 3.02. The number of aromatic amines is 1. The van der Waals surface area contributed by atoms with E-state index < -0.39 is 5.97 Å². The minimum atomic E-state index is -0.546. The zero-order chi connectivity index (χ0) is 14.8. The lowest BCUT2D eigenvalue weighted by molar-refractivity contribution is 0.0519. The number of carbonyl (C=O) groups excluding carboxylic acids is 1. The summed E-state index contributed by atoms with van der Waals surface area (Å²) in [6, 6.07) is 12.4. The van der Waals surface area contributed by atoms with Crippen LogP contribution in [0.2, 0.25) is 0 Å². The van der Waals surface area contributed by atoms with Crippen LogP contribution in [0.5, 0.6) is 0 Å². The Morgan fingerprint density at radius 3 is 2.76 bits per heavy atom. The molecule has 0 radical (unpaired) electrons. The van der Waals surface area contributed by atoms with Crippen LogP contribution >= 0.6 is 0 Å². The summed E-state index contributed by atoms with van der Waals surface area (Å²) >= 11 is 0. The van der Waals surface area contributed by atoms with Crippen LogP contribution in [0.25, 0.3) is 16.9 Å². The average molecular weight is 283 g/mol. The molecular weight excluding hydrogens is 270 g/mol. The molecule has 2 aromatic heterocycles. The lowest BCUT2D eigenvalue weighted by Crippen LogP contribution is -2.15. The number of esters is 1. The van der Waals surface area contributed by atoms with Gasteiger partial charge in [-0.05, 0) is 12.5 Å². The van der Waals surface area contributed by atoms with E-state index in [1.807, 2.05) is 30.3 Å². The van der Waals surface area contributed by atoms with Gasteiger partial charge in [0.15, 0.2) is 5.69 Å². The minimum absolute atomic E-state index is 0.107. The van der Waals surface area contributed by atoms with Crippen LogP contribution in [-0.4, -0.2) is 27.2 Å². The Labute approximate surface area is 120 Å². The predicted octanol–water partition coefficient (Wildman–Crippen LogP) is 1.87. The fraction of sp³-hybridized carbons (Fsp3) is 0.133. The Morgan fingerprint density at radius 2 is 2.05 bits per heavy atom. The summed E-state index contributed by atoms with van der Waals surface area (Å²) in [6.07, 6.45) is 0. The molecule has 0 amide bonds. The number of rotatable bonds is 3. The van der Waals surface area contributed by atoms with Crippen LogP contribution in [-0.2, 0) is 4.74 Å². The van der Waals surface area contributed by atoms with E-state index in [0.29, 0.717) is 11.3 Å². The Morgan fingerprint density at radius 1 is 1.29 bits per heavy atom. The van der Waals surface area contributed by atoms with Crippen molar-refractivity contribution in [2.45, 2.75) is 6.92 Å². The number of ether oxygens (including phenoxy) is 1. The van der Waals surface area contributed by atoms with Crippen molar-refractivity contribution in [3.8, 4) is 11.3 Å². The van der Waals surface area contributed by atoms with Crippen LogP contribution in [0.1, 0.15) is 17.4 Å². The minimum Gasteiger partial charge on any atom is -0.461 e. The largest absolute Gasteiger partial charge is 0.461 e. The first-order valence-corrected chi connectivity index (χ1v) is 6.54. The maximum atomic E-state index is 12.1. The van der Waals surface area contributed by atoms with Crippen LogP contribution in [0, 0.1) is 0 Å². The first kappa shape index (κ1) is 13.1. The van der Waals surface area contributed by atoms with Gasteiger partial charge in [-0.25, -0.2) is 4.79 Å². The highest BCUT2D eigenvalue weighted by Crippen LogP contribution is 2.15. The molecule has 0 atom stereocenters. The number of fused-ring (bicyclic) bond motifs is 1. The summed E-state index contributed by atoms with van der Waals surface area (Å²) in [7, 11) is 0. The van der Waals surface area contributed by atoms with Crippen LogP contribution in [0.3, 0.4) is 0 Å². The van der Waals surface area contributed by atoms with E-state index in [4.69, 9.17) is 4.74 Å². The normalized spacial score (nSPS) is 10.7. The second-order valence-corrected chi connectivity index (χ2v) is 4.43. The smallest absolute Gasteiger partial charge is 0.358 e. The molecule has 1 N–H and O–H groups in total. The van der Waals surface area contributed by atoms with Gasteiger partial charge in [-0.2, -0.15) is 9.61 Å². The van der Waals surface area contributed by atoms with E-state index in [9.17, 15) is 9.59 Å². The maximum absolute atomic E-state index is 12.1. The molecular formula is C15H13N3O3. The van der Waals surface area contributed by atoms with Crippen molar-refractivity contribution < 1.29 is 9.53 Å². The highest BCUT2D eigenvalue weighted by molar-refractivity contribution is 5.88. The fourth-order valence-corrected chi connectivity index (χ4v) is 2.07. The predicted molar refractivity (Wildman–Crippen MR) is 77.2 cm³/mol. The molecule has 0 bridgehead atoms. The second-order valence-electron chi connectivity index (χ2n) is 4.43. The maximum Gasteiger partial charge on any atom is 0.358 e. The lowest BCUT2D eigenvalue weighted by atomic mass is 10.1. The van der Waals surface area contributed by atoms with E-state index in [1.165, 1.54) is 12.1 Å². The van der Waals surface area contributed by atoms with Gasteiger partial charge in [0.2, 0.25) is 0 Å². The summed E-state index contributed by atoms with van der Waals surface area (Å²) in [6.45, 7) is 1.97. The van der Waals surface area contributed by atoms with E-state index in [0.717, 1.165) is 10.1 Å². The molecule has 0 fully saturated rings. The van der Waals surface area contributed by atoms with Crippen molar-refractivity contribution in [2.75, 3.05) is 6.61 Å². The molecule has 106 valence electrons. The Bertz CT molecular complexity index is 849. The number of benzene rings is 1. The SMILES string of the molecule is CCOC(=O)c1cc2[nH]c(-c3ccccc3)cc(=O)n2n1. The number of H-pyrrole nitrogens is 1. The van der Waals surface area contributed by atoms with E-state index in [2.05, 4.69) is 10.1 Å². The lowest BCUT2D eigenvalue weighted by Gasteiger charge is -2.01. The number of aromatic nitrogens is 3. The van der Waals surface area contributed by atoms with Gasteiger partial charge in [0.25, 0.3) is 5.56 Å². The summed E-state index contributed by atoms with van der Waals surface area (Å²) in [4.78, 5) is 26.9. The van der Waals surface area contributed by atoms with Crippen molar-refractivity contribution >= 4 is 11.6 Å². The number of nitrogens with one attached hydrogen (secondary N) is 1. The summed E-state index contributed by atoms with van der Waals surface area (Å²) in [5, 5.41) is 3.96. The molecule has 0 aliphatic carbocycles. The third-order valence-corrected chi connectivity index (χ3v) is 3.02. The molecule has 1 aromatic carbocycles. The Balaban J connectivity index is 2.12. The van der Waals surface area contributed by atoms with Crippen LogP contribution in [0.15, 0.2) is 47.3 Å². The Hall–Kier alpha value is -2.89. The zero-order valence-corrected chi connectivity index (χ0v) is 11.4. The molecule has 0 saturated heterocycles. The summed E-state index contributed by atoms with van der Waals surface area (Å²) in [5.74, 6) is -0.546. The van der Waals surface area contributed by atoms with Crippen molar-refractivity contribution in [3.05, 3.63) is 58.5 Å². The monoisotopic (exact) mass is 283 g/mol. The number of nitrogens with zero attached hydrogens (tertiary/aromatic N) is 2. The molecule has 21 heavy (non-hydrogen) atoms. The molecule has 6 heteroatoms. The van der Waals surface area contributed by atoms with Gasteiger partial charge in [0.1, 0.15) is 5.65 Å². The van der Waals surface area contributed by atoms with E-state index >= 15 is 0 Å². The van der Waals surface area contributed by atoms with Gasteiger partial charge in [-0.1, -0.05) is 30.3 Å². The van der Waals surface area contributed by atoms with Gasteiger partial charge >= 0.3 is 5.97 Å². The van der Waals surface area contributed by atoms with Gasteiger partial charge in [-0.3, -0.25) is 4.79 Å². The standard InChI is InChI=1S/C15H13N3O3/c1-2-21-15(20)12-8-13-16-11(9-14(19)18(13)17-12)10-6-4-3-5-7-10/h3-9,16H,2H2,1H3. The van der Waals surface area contributed by atoms with Crippen molar-refractivity contribution in [3.63, 3.8) is 0 Å². The van der Waals surface area contributed by atoms with E-state index in [1.54, 1.807) is 6.92 Å². The Kier molecular flexibility index (Phi) is 3.27. The number of hydrogen-bond donors (Lipinski definition) is 1. The summed E-state index contributed by atoms with van der Waals surface area (Å²) < 4.78 is 6.03. The quantitative estimate of drug-likeness (QED) is 0.744. The molecule has 0 unspecified atom stereocenters. The molecule has 3 aromatic rings. The van der Waals surface area contributed by atoms with Gasteiger partial charge in [0.05, 0.1) is 12.3 Å². The second kappa shape index (κ2) is 5.24. The van der Waals surface area contributed by atoms with Crippen LogP contribution < -0.4 is 5.56 Å². The molecule has 0 aliphatic heterocycles. The molecule has 6 nitrogen and oxygen atoms in total. The number of hydrogen-bond acceptors (Lipinski definition) is 4. The molecule has 2 heterocycles. The molecule has 0 spiro atoms. The van der Waals surface area contributed by atoms with Gasteiger partial charge in [0, 0.05) is 12.1 Å². The molecule has 0 aliphatic rings. The van der Waals surface area contributed by atoms with E-state index in [-0.39, 0.29) is 17.9 Å². The van der Waals surface area contributed by atoms with Crippen molar-refractivity contribution in [2.24, 2.45) is 0 Å². The average Bonchev–Trinajstić information content (AvgIpc) is 2.93. The highest BCUT2D eigenvalue weighted by atomic mass is 16.5. The van der Waals surface area contributed by atoms with Gasteiger partial charge in [-0.15, -0.1) is 0 Å². The fourth-order valence-electron chi connectivity index (χ4n) is 2.07. The first-order chi connectivity index (χ1) is 10.2. The first-order valence-electron chi connectivity index (χ1n) is 6.54. The molecule has 0 saturated carbocycles. The third kappa shape index (κ3) is 2.43. The topological polar surface area (TPSA) is 76.5 Å².